The van der Waals surface area contributed by atoms with Gasteiger partial charge in [-0.05, 0) is 37.5 Å². The van der Waals surface area contributed by atoms with Crippen molar-refractivity contribution in [3.63, 3.8) is 0 Å². The molecule has 3 aliphatic rings. The van der Waals surface area contributed by atoms with Crippen LogP contribution in [0.1, 0.15) is 48.0 Å². The fourth-order valence-corrected chi connectivity index (χ4v) is 4.76. The number of halogens is 1. The fourth-order valence-electron chi connectivity index (χ4n) is 4.76. The normalized spacial score (nSPS) is 23.2. The Balaban J connectivity index is 1.32. The quantitative estimate of drug-likeness (QED) is 0.780. The van der Waals surface area contributed by atoms with Gasteiger partial charge in [0.2, 0.25) is 11.8 Å². The number of benzene rings is 1. The summed E-state index contributed by atoms with van der Waals surface area (Å²) in [6.07, 6.45) is 4.72. The van der Waals surface area contributed by atoms with E-state index in [0.29, 0.717) is 56.3 Å². The number of piperazine rings is 1. The van der Waals surface area contributed by atoms with Crippen LogP contribution < -0.4 is 0 Å². The van der Waals surface area contributed by atoms with E-state index in [1.807, 2.05) is 4.90 Å². The average Bonchev–Trinajstić information content (AvgIpc) is 3.38. The van der Waals surface area contributed by atoms with Crippen LogP contribution >= 0.6 is 0 Å². The van der Waals surface area contributed by atoms with Crippen LogP contribution in [0.4, 0.5) is 4.39 Å². The Morgan fingerprint density at radius 3 is 2.34 bits per heavy atom. The highest BCUT2D eigenvalue weighted by Gasteiger charge is 2.40. The Kier molecular flexibility index (Phi) is 5.56. The monoisotopic (exact) mass is 401 g/mol. The van der Waals surface area contributed by atoms with Crippen molar-refractivity contribution in [2.75, 3.05) is 32.7 Å². The van der Waals surface area contributed by atoms with E-state index < -0.39 is 0 Å². The molecule has 0 bridgehead atoms. The van der Waals surface area contributed by atoms with Crippen LogP contribution in [0, 0.1) is 18.7 Å². The molecule has 0 radical (unpaired) electrons. The number of hydrogen-bond donors (Lipinski definition) is 0. The van der Waals surface area contributed by atoms with Crippen molar-refractivity contribution < 1.29 is 18.8 Å². The lowest BCUT2D eigenvalue weighted by Crippen LogP contribution is -2.52. The predicted octanol–water partition coefficient (Wildman–Crippen LogP) is 2.21. The Morgan fingerprint density at radius 1 is 1.03 bits per heavy atom. The van der Waals surface area contributed by atoms with Crippen molar-refractivity contribution in [1.29, 1.82) is 0 Å². The van der Waals surface area contributed by atoms with E-state index in [1.54, 1.807) is 28.9 Å². The maximum absolute atomic E-state index is 13.8. The van der Waals surface area contributed by atoms with E-state index in [4.69, 9.17) is 0 Å². The van der Waals surface area contributed by atoms with Crippen LogP contribution in [-0.4, -0.2) is 71.2 Å². The van der Waals surface area contributed by atoms with Gasteiger partial charge < -0.3 is 14.7 Å². The van der Waals surface area contributed by atoms with Gasteiger partial charge in [-0.3, -0.25) is 14.4 Å². The van der Waals surface area contributed by atoms with Crippen molar-refractivity contribution in [3.05, 3.63) is 35.1 Å². The summed E-state index contributed by atoms with van der Waals surface area (Å²) in [6, 6.07) is 4.83. The van der Waals surface area contributed by atoms with Crippen molar-refractivity contribution in [2.45, 2.75) is 45.1 Å². The topological polar surface area (TPSA) is 60.9 Å². The van der Waals surface area contributed by atoms with Gasteiger partial charge >= 0.3 is 0 Å². The van der Waals surface area contributed by atoms with E-state index in [-0.39, 0.29) is 29.5 Å². The molecule has 0 N–H and O–H groups in total. The molecule has 2 aliphatic heterocycles. The summed E-state index contributed by atoms with van der Waals surface area (Å²) in [5, 5.41) is 0. The third-order valence-electron chi connectivity index (χ3n) is 6.57. The molecule has 6 nitrogen and oxygen atoms in total. The molecule has 1 saturated carbocycles. The van der Waals surface area contributed by atoms with Gasteiger partial charge in [0.05, 0.1) is 5.92 Å². The van der Waals surface area contributed by atoms with E-state index in [1.165, 1.54) is 6.07 Å². The molecule has 29 heavy (non-hydrogen) atoms. The maximum Gasteiger partial charge on any atom is 0.254 e. The number of likely N-dealkylation sites (tertiary alicyclic amines) is 1. The Morgan fingerprint density at radius 2 is 1.69 bits per heavy atom. The minimum Gasteiger partial charge on any atom is -0.339 e. The van der Waals surface area contributed by atoms with Crippen LogP contribution in [0.25, 0.3) is 0 Å². The average molecular weight is 401 g/mol. The van der Waals surface area contributed by atoms with Crippen molar-refractivity contribution in [3.8, 4) is 0 Å². The minimum atomic E-state index is -0.387. The molecule has 2 saturated heterocycles. The molecule has 0 aromatic heterocycles. The highest BCUT2D eigenvalue weighted by atomic mass is 19.1. The van der Waals surface area contributed by atoms with Crippen LogP contribution in [0.15, 0.2) is 18.2 Å². The standard InChI is InChI=1S/C22H28FN3O3/c1-15-6-7-16(12-19(15)23)21(28)24-8-10-25(11-9-24)22(29)17-13-20(27)26(14-17)18-4-2-3-5-18/h6-7,12,17-18H,2-5,8-11,13-14H2,1H3. The highest BCUT2D eigenvalue weighted by molar-refractivity contribution is 5.94. The van der Waals surface area contributed by atoms with Gasteiger partial charge in [-0.1, -0.05) is 18.9 Å². The summed E-state index contributed by atoms with van der Waals surface area (Å²) in [7, 11) is 0. The molecule has 3 fully saturated rings. The Hall–Kier alpha value is -2.44. The molecule has 3 amide bonds. The number of carbonyl (C=O) groups is 3. The van der Waals surface area contributed by atoms with Crippen molar-refractivity contribution in [2.24, 2.45) is 5.92 Å². The van der Waals surface area contributed by atoms with Crippen LogP contribution in [0.5, 0.6) is 0 Å². The molecule has 4 rings (SSSR count). The summed E-state index contributed by atoms with van der Waals surface area (Å²) in [6.45, 7) is 3.94. The van der Waals surface area contributed by atoms with Gasteiger partial charge in [0.15, 0.2) is 0 Å². The van der Waals surface area contributed by atoms with E-state index in [2.05, 4.69) is 0 Å². The first-order valence-corrected chi connectivity index (χ1v) is 10.6. The lowest BCUT2D eigenvalue weighted by Gasteiger charge is -2.36. The molecular formula is C22H28FN3O3. The number of hydrogen-bond acceptors (Lipinski definition) is 3. The minimum absolute atomic E-state index is 0.0207. The zero-order valence-electron chi connectivity index (χ0n) is 16.9. The predicted molar refractivity (Wildman–Crippen MR) is 106 cm³/mol. The second-order valence-corrected chi connectivity index (χ2v) is 8.47. The lowest BCUT2D eigenvalue weighted by molar-refractivity contribution is -0.137. The Labute approximate surface area is 170 Å². The zero-order valence-corrected chi connectivity index (χ0v) is 16.9. The third-order valence-corrected chi connectivity index (χ3v) is 6.57. The molecule has 7 heteroatoms. The first-order valence-electron chi connectivity index (χ1n) is 10.6. The number of carbonyl (C=O) groups excluding carboxylic acids is 3. The van der Waals surface area contributed by atoms with Crippen molar-refractivity contribution in [1.82, 2.24) is 14.7 Å². The van der Waals surface area contributed by atoms with Gasteiger partial charge in [0, 0.05) is 50.7 Å². The van der Waals surface area contributed by atoms with E-state index in [0.717, 1.165) is 25.7 Å². The molecular weight excluding hydrogens is 373 g/mol. The van der Waals surface area contributed by atoms with E-state index in [9.17, 15) is 18.8 Å². The van der Waals surface area contributed by atoms with Crippen LogP contribution in [-0.2, 0) is 9.59 Å². The molecule has 1 aromatic carbocycles. The zero-order chi connectivity index (χ0) is 20.5. The van der Waals surface area contributed by atoms with Crippen molar-refractivity contribution >= 4 is 17.7 Å². The summed E-state index contributed by atoms with van der Waals surface area (Å²) >= 11 is 0. The first kappa shape index (κ1) is 19.9. The number of nitrogens with zero attached hydrogens (tertiary/aromatic N) is 3. The lowest BCUT2D eigenvalue weighted by atomic mass is 10.1. The van der Waals surface area contributed by atoms with Gasteiger partial charge in [0.25, 0.3) is 5.91 Å². The largest absolute Gasteiger partial charge is 0.339 e. The van der Waals surface area contributed by atoms with Gasteiger partial charge in [0.1, 0.15) is 5.82 Å². The highest BCUT2D eigenvalue weighted by Crippen LogP contribution is 2.30. The Bertz CT molecular complexity index is 814. The van der Waals surface area contributed by atoms with Crippen LogP contribution in [0.3, 0.4) is 0 Å². The van der Waals surface area contributed by atoms with Gasteiger partial charge in [-0.15, -0.1) is 0 Å². The summed E-state index contributed by atoms with van der Waals surface area (Å²) < 4.78 is 13.8. The van der Waals surface area contributed by atoms with Gasteiger partial charge in [-0.2, -0.15) is 0 Å². The van der Waals surface area contributed by atoms with Crippen LogP contribution in [0.2, 0.25) is 0 Å². The summed E-state index contributed by atoms with van der Waals surface area (Å²) in [5.74, 6) is -0.740. The summed E-state index contributed by atoms with van der Waals surface area (Å²) in [4.78, 5) is 43.3. The molecule has 1 unspecified atom stereocenters. The number of rotatable bonds is 3. The molecule has 0 spiro atoms. The molecule has 1 aromatic rings. The smallest absolute Gasteiger partial charge is 0.254 e. The molecule has 156 valence electrons. The summed E-state index contributed by atoms with van der Waals surface area (Å²) in [5.41, 5.74) is 0.844. The molecule has 1 aliphatic carbocycles. The number of aryl methyl sites for hydroxylation is 1. The second-order valence-electron chi connectivity index (χ2n) is 8.47. The van der Waals surface area contributed by atoms with Gasteiger partial charge in [-0.25, -0.2) is 4.39 Å². The maximum atomic E-state index is 13.8. The third kappa shape index (κ3) is 4.00. The molecule has 1 atom stereocenters. The first-order chi connectivity index (χ1) is 13.9. The second kappa shape index (κ2) is 8.13. The SMILES string of the molecule is Cc1ccc(C(=O)N2CCN(C(=O)C3CC(=O)N(C4CCCC4)C3)CC2)cc1F. The number of amides is 3. The fraction of sp³-hybridized carbons (Fsp3) is 0.591. The molecule has 2 heterocycles. The van der Waals surface area contributed by atoms with E-state index >= 15 is 0 Å².